The molecule has 1 saturated heterocycles. The SMILES string of the molecule is Cc1ccc2[nH]cc(CCN3CC(C(=O)Nc4nnc(C)s4)CC3=O)c2c1. The predicted octanol–water partition coefficient (Wildman–Crippen LogP) is 2.67. The molecule has 2 amide bonds. The summed E-state index contributed by atoms with van der Waals surface area (Å²) in [7, 11) is 0. The van der Waals surface area contributed by atoms with Crippen LogP contribution in [-0.2, 0) is 16.0 Å². The first kappa shape index (κ1) is 17.7. The molecule has 4 rings (SSSR count). The van der Waals surface area contributed by atoms with Gasteiger partial charge in [0, 0.05) is 36.6 Å². The molecule has 0 spiro atoms. The van der Waals surface area contributed by atoms with E-state index in [0.29, 0.717) is 18.2 Å². The Balaban J connectivity index is 1.37. The molecule has 1 unspecified atom stereocenters. The smallest absolute Gasteiger partial charge is 0.231 e. The van der Waals surface area contributed by atoms with Crippen molar-refractivity contribution in [1.29, 1.82) is 0 Å². The van der Waals surface area contributed by atoms with Crippen LogP contribution in [0.25, 0.3) is 10.9 Å². The number of H-pyrrole nitrogens is 1. The number of carbonyl (C=O) groups is 2. The predicted molar refractivity (Wildman–Crippen MR) is 105 cm³/mol. The van der Waals surface area contributed by atoms with Crippen LogP contribution in [0.1, 0.15) is 22.6 Å². The van der Waals surface area contributed by atoms with E-state index in [1.54, 1.807) is 4.90 Å². The van der Waals surface area contributed by atoms with Gasteiger partial charge in [-0.3, -0.25) is 9.59 Å². The quantitative estimate of drug-likeness (QED) is 0.709. The van der Waals surface area contributed by atoms with E-state index in [0.717, 1.165) is 16.9 Å². The van der Waals surface area contributed by atoms with Gasteiger partial charge in [-0.2, -0.15) is 0 Å². The Morgan fingerprint density at radius 2 is 2.22 bits per heavy atom. The van der Waals surface area contributed by atoms with E-state index in [-0.39, 0.29) is 24.2 Å². The van der Waals surface area contributed by atoms with Gasteiger partial charge in [0.2, 0.25) is 16.9 Å². The molecule has 140 valence electrons. The fourth-order valence-electron chi connectivity index (χ4n) is 3.47. The van der Waals surface area contributed by atoms with E-state index in [1.807, 2.05) is 13.1 Å². The average Bonchev–Trinajstić information content (AvgIpc) is 3.32. The highest BCUT2D eigenvalue weighted by Crippen LogP contribution is 2.24. The standard InChI is InChI=1S/C19H21N5O2S/c1-11-3-4-16-15(7-11)13(9-20-16)5-6-24-10-14(8-17(24)25)18(26)21-19-23-22-12(2)27-19/h3-4,7,9,14,20H,5-6,8,10H2,1-2H3,(H,21,23,26). The summed E-state index contributed by atoms with van der Waals surface area (Å²) in [5.74, 6) is -0.476. The number of aryl methyl sites for hydroxylation is 2. The van der Waals surface area contributed by atoms with Crippen LogP contribution in [0.15, 0.2) is 24.4 Å². The number of amides is 2. The number of nitrogens with zero attached hydrogens (tertiary/aromatic N) is 3. The molecule has 1 fully saturated rings. The number of fused-ring (bicyclic) bond motifs is 1. The lowest BCUT2D eigenvalue weighted by Gasteiger charge is -2.16. The van der Waals surface area contributed by atoms with Crippen molar-refractivity contribution < 1.29 is 9.59 Å². The third-order valence-corrected chi connectivity index (χ3v) is 5.67. The van der Waals surface area contributed by atoms with E-state index in [4.69, 9.17) is 0 Å². The number of carbonyl (C=O) groups excluding carboxylic acids is 2. The lowest BCUT2D eigenvalue weighted by molar-refractivity contribution is -0.128. The summed E-state index contributed by atoms with van der Waals surface area (Å²) >= 11 is 1.33. The Kier molecular flexibility index (Phi) is 4.65. The maximum atomic E-state index is 12.4. The third kappa shape index (κ3) is 3.71. The fourth-order valence-corrected chi connectivity index (χ4v) is 4.07. The Labute approximate surface area is 160 Å². The zero-order valence-corrected chi connectivity index (χ0v) is 16.1. The maximum Gasteiger partial charge on any atom is 0.231 e. The first-order valence-electron chi connectivity index (χ1n) is 8.95. The van der Waals surface area contributed by atoms with Gasteiger partial charge in [0.05, 0.1) is 5.92 Å². The number of likely N-dealkylation sites (tertiary alicyclic amines) is 1. The van der Waals surface area contributed by atoms with Crippen molar-refractivity contribution in [2.24, 2.45) is 5.92 Å². The zero-order chi connectivity index (χ0) is 19.0. The Morgan fingerprint density at radius 1 is 1.37 bits per heavy atom. The van der Waals surface area contributed by atoms with Gasteiger partial charge in [-0.25, -0.2) is 0 Å². The van der Waals surface area contributed by atoms with Crippen molar-refractivity contribution in [3.63, 3.8) is 0 Å². The van der Waals surface area contributed by atoms with E-state index in [2.05, 4.69) is 45.6 Å². The highest BCUT2D eigenvalue weighted by Gasteiger charge is 2.34. The number of hydrogen-bond donors (Lipinski definition) is 2. The van der Waals surface area contributed by atoms with Gasteiger partial charge in [0.25, 0.3) is 0 Å². The summed E-state index contributed by atoms with van der Waals surface area (Å²) in [5.41, 5.74) is 3.51. The molecule has 1 atom stereocenters. The van der Waals surface area contributed by atoms with Crippen molar-refractivity contribution >= 4 is 39.2 Å². The number of rotatable bonds is 5. The number of anilines is 1. The highest BCUT2D eigenvalue weighted by molar-refractivity contribution is 7.15. The average molecular weight is 383 g/mol. The van der Waals surface area contributed by atoms with Crippen molar-refractivity contribution in [2.45, 2.75) is 26.7 Å². The number of benzene rings is 1. The van der Waals surface area contributed by atoms with Gasteiger partial charge in [-0.05, 0) is 38.0 Å². The van der Waals surface area contributed by atoms with Crippen LogP contribution >= 0.6 is 11.3 Å². The van der Waals surface area contributed by atoms with Gasteiger partial charge in [0.15, 0.2) is 0 Å². The minimum Gasteiger partial charge on any atom is -0.361 e. The molecule has 8 heteroatoms. The summed E-state index contributed by atoms with van der Waals surface area (Å²) in [4.78, 5) is 29.8. The maximum absolute atomic E-state index is 12.4. The number of aromatic nitrogens is 3. The molecule has 2 N–H and O–H groups in total. The van der Waals surface area contributed by atoms with Crippen molar-refractivity contribution in [3.05, 3.63) is 40.5 Å². The fraction of sp³-hybridized carbons (Fsp3) is 0.368. The summed E-state index contributed by atoms with van der Waals surface area (Å²) in [6, 6.07) is 6.31. The third-order valence-electron chi connectivity index (χ3n) is 4.92. The molecule has 1 aliphatic heterocycles. The topological polar surface area (TPSA) is 91.0 Å². The molecule has 7 nitrogen and oxygen atoms in total. The van der Waals surface area contributed by atoms with Crippen LogP contribution in [-0.4, -0.2) is 45.0 Å². The van der Waals surface area contributed by atoms with Crippen molar-refractivity contribution in [1.82, 2.24) is 20.1 Å². The molecule has 27 heavy (non-hydrogen) atoms. The number of hydrogen-bond acceptors (Lipinski definition) is 5. The zero-order valence-electron chi connectivity index (χ0n) is 15.3. The van der Waals surface area contributed by atoms with Crippen LogP contribution < -0.4 is 5.32 Å². The van der Waals surface area contributed by atoms with E-state index >= 15 is 0 Å². The van der Waals surface area contributed by atoms with Crippen LogP contribution in [0.5, 0.6) is 0 Å². The van der Waals surface area contributed by atoms with E-state index < -0.39 is 0 Å². The minimum atomic E-state index is -0.341. The second kappa shape index (κ2) is 7.11. The van der Waals surface area contributed by atoms with Crippen LogP contribution in [0.3, 0.4) is 0 Å². The number of nitrogens with one attached hydrogen (secondary N) is 2. The van der Waals surface area contributed by atoms with Gasteiger partial charge in [-0.15, -0.1) is 10.2 Å². The summed E-state index contributed by atoms with van der Waals surface area (Å²) in [5, 5.41) is 13.0. The van der Waals surface area contributed by atoms with Gasteiger partial charge in [0.1, 0.15) is 5.01 Å². The molecule has 2 aromatic heterocycles. The highest BCUT2D eigenvalue weighted by atomic mass is 32.1. The largest absolute Gasteiger partial charge is 0.361 e. The first-order chi connectivity index (χ1) is 13.0. The van der Waals surface area contributed by atoms with Crippen LogP contribution in [0.4, 0.5) is 5.13 Å². The summed E-state index contributed by atoms with van der Waals surface area (Å²) in [6.07, 6.45) is 3.02. The van der Waals surface area contributed by atoms with Crippen LogP contribution in [0, 0.1) is 19.8 Å². The Bertz CT molecular complexity index is 1010. The molecular weight excluding hydrogens is 362 g/mol. The molecule has 0 bridgehead atoms. The minimum absolute atomic E-state index is 0.0274. The van der Waals surface area contributed by atoms with Gasteiger partial charge in [-0.1, -0.05) is 23.0 Å². The molecule has 3 aromatic rings. The van der Waals surface area contributed by atoms with Gasteiger partial charge < -0.3 is 15.2 Å². The Morgan fingerprint density at radius 3 is 3.00 bits per heavy atom. The second-order valence-corrected chi connectivity index (χ2v) is 8.15. The number of aromatic amines is 1. The Hall–Kier alpha value is -2.74. The second-order valence-electron chi connectivity index (χ2n) is 6.97. The molecule has 3 heterocycles. The summed E-state index contributed by atoms with van der Waals surface area (Å²) < 4.78 is 0. The van der Waals surface area contributed by atoms with Crippen LogP contribution in [0.2, 0.25) is 0 Å². The van der Waals surface area contributed by atoms with E-state index in [1.165, 1.54) is 27.8 Å². The van der Waals surface area contributed by atoms with E-state index in [9.17, 15) is 9.59 Å². The lowest BCUT2D eigenvalue weighted by Crippen LogP contribution is -2.30. The molecule has 0 radical (unpaired) electrons. The molecular formula is C19H21N5O2S. The van der Waals surface area contributed by atoms with Crippen molar-refractivity contribution in [3.8, 4) is 0 Å². The first-order valence-corrected chi connectivity index (χ1v) is 9.76. The molecule has 1 aliphatic rings. The molecule has 0 saturated carbocycles. The molecule has 0 aliphatic carbocycles. The molecule has 1 aromatic carbocycles. The normalized spacial score (nSPS) is 17.0. The van der Waals surface area contributed by atoms with Gasteiger partial charge >= 0.3 is 0 Å². The van der Waals surface area contributed by atoms with Crippen molar-refractivity contribution in [2.75, 3.05) is 18.4 Å². The lowest BCUT2D eigenvalue weighted by atomic mass is 10.1. The summed E-state index contributed by atoms with van der Waals surface area (Å²) in [6.45, 7) is 4.97. The monoisotopic (exact) mass is 383 g/mol.